The molecule has 0 unspecified atom stereocenters. The molecule has 0 spiro atoms. The van der Waals surface area contributed by atoms with Gasteiger partial charge >= 0.3 is 0 Å². The van der Waals surface area contributed by atoms with Gasteiger partial charge in [0.2, 0.25) is 15.9 Å². The van der Waals surface area contributed by atoms with Crippen molar-refractivity contribution in [3.8, 4) is 5.69 Å². The van der Waals surface area contributed by atoms with Gasteiger partial charge in [0, 0.05) is 17.8 Å². The van der Waals surface area contributed by atoms with Gasteiger partial charge in [-0.15, -0.1) is 0 Å². The molecule has 7 nitrogen and oxygen atoms in total. The predicted octanol–water partition coefficient (Wildman–Crippen LogP) is 3.40. The number of nitrogens with one attached hydrogen (secondary N) is 1. The number of sulfonamides is 1. The lowest BCUT2D eigenvalue weighted by Gasteiger charge is -2.18. The van der Waals surface area contributed by atoms with E-state index in [1.54, 1.807) is 16.8 Å². The number of hydrogen-bond acceptors (Lipinski definition) is 4. The lowest BCUT2D eigenvalue weighted by atomic mass is 10.2. The second kappa shape index (κ2) is 8.36. The lowest BCUT2D eigenvalue weighted by molar-refractivity contribution is -0.116. The molecular formula is C20H21ClN4O3S. The van der Waals surface area contributed by atoms with Gasteiger partial charge in [-0.25, -0.2) is 13.1 Å². The minimum absolute atomic E-state index is 0.0697. The smallest absolute Gasteiger partial charge is 0.243 e. The molecule has 0 atom stereocenters. The Balaban J connectivity index is 1.78. The van der Waals surface area contributed by atoms with Crippen molar-refractivity contribution in [2.45, 2.75) is 18.7 Å². The van der Waals surface area contributed by atoms with Gasteiger partial charge in [0.15, 0.2) is 0 Å². The summed E-state index contributed by atoms with van der Waals surface area (Å²) in [5.74, 6) is -0.459. The quantitative estimate of drug-likeness (QED) is 0.647. The fourth-order valence-corrected chi connectivity index (χ4v) is 4.15. The maximum Gasteiger partial charge on any atom is 0.243 e. The van der Waals surface area contributed by atoms with E-state index >= 15 is 0 Å². The SMILES string of the molecule is Cc1cc(C)n(-c2ccccc2NC(=O)CN(C)S(=O)(=O)c2ccc(Cl)cc2)n1. The van der Waals surface area contributed by atoms with Crippen LogP contribution in [0, 0.1) is 13.8 Å². The molecule has 152 valence electrons. The van der Waals surface area contributed by atoms with E-state index in [2.05, 4.69) is 10.4 Å². The van der Waals surface area contributed by atoms with Gasteiger partial charge < -0.3 is 5.32 Å². The molecule has 1 amide bonds. The Morgan fingerprint density at radius 1 is 1.14 bits per heavy atom. The number of rotatable bonds is 6. The van der Waals surface area contributed by atoms with Crippen LogP contribution in [0.5, 0.6) is 0 Å². The van der Waals surface area contributed by atoms with Crippen molar-refractivity contribution in [1.82, 2.24) is 14.1 Å². The zero-order chi connectivity index (χ0) is 21.2. The molecule has 0 aliphatic rings. The number of hydrogen-bond donors (Lipinski definition) is 1. The van der Waals surface area contributed by atoms with Crippen LogP contribution in [0.1, 0.15) is 11.4 Å². The first-order chi connectivity index (χ1) is 13.7. The lowest BCUT2D eigenvalue weighted by Crippen LogP contribution is -2.35. The molecule has 3 aromatic rings. The Morgan fingerprint density at radius 2 is 1.79 bits per heavy atom. The average Bonchev–Trinajstić information content (AvgIpc) is 3.00. The van der Waals surface area contributed by atoms with E-state index in [1.165, 1.54) is 31.3 Å². The van der Waals surface area contributed by atoms with Gasteiger partial charge in [-0.3, -0.25) is 4.79 Å². The summed E-state index contributed by atoms with van der Waals surface area (Å²) < 4.78 is 28.0. The number of likely N-dealkylation sites (N-methyl/N-ethyl adjacent to an activating group) is 1. The number of benzene rings is 2. The highest BCUT2D eigenvalue weighted by atomic mass is 35.5. The number of carbonyl (C=O) groups excluding carboxylic acids is 1. The standard InChI is InChI=1S/C20H21ClN4O3S/c1-14-12-15(2)25(23-14)19-7-5-4-6-18(19)22-20(26)13-24(3)29(27,28)17-10-8-16(21)9-11-17/h4-12H,13H2,1-3H3,(H,22,26). The van der Waals surface area contributed by atoms with Crippen molar-refractivity contribution in [3.63, 3.8) is 0 Å². The predicted molar refractivity (Wildman–Crippen MR) is 113 cm³/mol. The summed E-state index contributed by atoms with van der Waals surface area (Å²) >= 11 is 5.81. The number of anilines is 1. The van der Waals surface area contributed by atoms with Gasteiger partial charge in [0.1, 0.15) is 0 Å². The molecule has 0 radical (unpaired) electrons. The summed E-state index contributed by atoms with van der Waals surface area (Å²) in [6.45, 7) is 3.47. The molecule has 29 heavy (non-hydrogen) atoms. The van der Waals surface area contributed by atoms with Crippen molar-refractivity contribution in [3.05, 3.63) is 71.0 Å². The number of aromatic nitrogens is 2. The third kappa shape index (κ3) is 4.67. The van der Waals surface area contributed by atoms with Crippen LogP contribution >= 0.6 is 11.6 Å². The first-order valence-corrected chi connectivity index (χ1v) is 10.6. The van der Waals surface area contributed by atoms with Gasteiger partial charge in [-0.1, -0.05) is 23.7 Å². The van der Waals surface area contributed by atoms with Crippen molar-refractivity contribution >= 4 is 33.2 Å². The van der Waals surface area contributed by atoms with Crippen molar-refractivity contribution in [1.29, 1.82) is 0 Å². The fourth-order valence-electron chi connectivity index (χ4n) is 2.90. The third-order valence-corrected chi connectivity index (χ3v) is 6.37. The van der Waals surface area contributed by atoms with E-state index in [-0.39, 0.29) is 11.4 Å². The van der Waals surface area contributed by atoms with Crippen LogP contribution in [0.15, 0.2) is 59.5 Å². The molecule has 0 saturated heterocycles. The molecule has 1 heterocycles. The molecule has 0 bridgehead atoms. The normalized spacial score (nSPS) is 11.6. The minimum Gasteiger partial charge on any atom is -0.323 e. The van der Waals surface area contributed by atoms with E-state index in [0.29, 0.717) is 16.4 Å². The van der Waals surface area contributed by atoms with Crippen molar-refractivity contribution in [2.75, 3.05) is 18.9 Å². The zero-order valence-electron chi connectivity index (χ0n) is 16.3. The molecule has 1 N–H and O–H groups in total. The molecule has 0 aliphatic carbocycles. The zero-order valence-corrected chi connectivity index (χ0v) is 17.8. The third-order valence-electron chi connectivity index (χ3n) is 4.30. The number of amides is 1. The average molecular weight is 433 g/mol. The maximum absolute atomic E-state index is 12.7. The summed E-state index contributed by atoms with van der Waals surface area (Å²) in [6, 6.07) is 15.0. The monoisotopic (exact) mass is 432 g/mol. The van der Waals surface area contributed by atoms with Crippen LogP contribution < -0.4 is 5.32 Å². The summed E-state index contributed by atoms with van der Waals surface area (Å²) in [5.41, 5.74) is 3.03. The summed E-state index contributed by atoms with van der Waals surface area (Å²) in [7, 11) is -2.45. The maximum atomic E-state index is 12.7. The van der Waals surface area contributed by atoms with Crippen molar-refractivity contribution in [2.24, 2.45) is 0 Å². The van der Waals surface area contributed by atoms with Crippen molar-refractivity contribution < 1.29 is 13.2 Å². The number of carbonyl (C=O) groups is 1. The van der Waals surface area contributed by atoms with Gasteiger partial charge in [-0.05, 0) is 56.3 Å². The Kier molecular flexibility index (Phi) is 6.07. The Hall–Kier alpha value is -2.68. The van der Waals surface area contributed by atoms with Crippen LogP contribution in [-0.4, -0.2) is 42.0 Å². The molecule has 9 heteroatoms. The largest absolute Gasteiger partial charge is 0.323 e. The van der Waals surface area contributed by atoms with E-state index in [1.807, 2.05) is 32.0 Å². The van der Waals surface area contributed by atoms with Crippen LogP contribution in [0.3, 0.4) is 0 Å². The number of nitrogens with zero attached hydrogens (tertiary/aromatic N) is 3. The second-order valence-electron chi connectivity index (χ2n) is 6.62. The molecule has 0 aliphatic heterocycles. The Labute approximate surface area is 175 Å². The highest BCUT2D eigenvalue weighted by Crippen LogP contribution is 2.22. The number of para-hydroxylation sites is 2. The Bertz CT molecular complexity index is 1140. The minimum atomic E-state index is -3.81. The summed E-state index contributed by atoms with van der Waals surface area (Å²) in [6.07, 6.45) is 0. The molecular weight excluding hydrogens is 412 g/mol. The highest BCUT2D eigenvalue weighted by molar-refractivity contribution is 7.89. The van der Waals surface area contributed by atoms with E-state index in [9.17, 15) is 13.2 Å². The Morgan fingerprint density at radius 3 is 2.41 bits per heavy atom. The van der Waals surface area contributed by atoms with E-state index < -0.39 is 15.9 Å². The first-order valence-electron chi connectivity index (χ1n) is 8.83. The van der Waals surface area contributed by atoms with Crippen LogP contribution in [0.25, 0.3) is 5.69 Å². The van der Waals surface area contributed by atoms with Gasteiger partial charge in [0.05, 0.1) is 28.5 Å². The number of halogens is 1. The highest BCUT2D eigenvalue weighted by Gasteiger charge is 2.23. The summed E-state index contributed by atoms with van der Waals surface area (Å²) in [5, 5.41) is 7.66. The van der Waals surface area contributed by atoms with Crippen LogP contribution in [0.4, 0.5) is 5.69 Å². The van der Waals surface area contributed by atoms with Crippen LogP contribution in [-0.2, 0) is 14.8 Å². The van der Waals surface area contributed by atoms with E-state index in [4.69, 9.17) is 11.6 Å². The number of aryl methyl sites for hydroxylation is 2. The second-order valence-corrected chi connectivity index (χ2v) is 9.10. The molecule has 0 saturated carbocycles. The summed E-state index contributed by atoms with van der Waals surface area (Å²) in [4.78, 5) is 12.6. The first kappa shape index (κ1) is 21.0. The fraction of sp³-hybridized carbons (Fsp3) is 0.200. The topological polar surface area (TPSA) is 84.3 Å². The van der Waals surface area contributed by atoms with Gasteiger partial charge in [0.25, 0.3) is 0 Å². The molecule has 3 rings (SSSR count). The molecule has 1 aromatic heterocycles. The van der Waals surface area contributed by atoms with Crippen LogP contribution in [0.2, 0.25) is 5.02 Å². The molecule has 2 aromatic carbocycles. The molecule has 0 fully saturated rings. The van der Waals surface area contributed by atoms with Gasteiger partial charge in [-0.2, -0.15) is 9.40 Å². The van der Waals surface area contributed by atoms with E-state index in [0.717, 1.165) is 15.7 Å².